The van der Waals surface area contributed by atoms with Crippen molar-refractivity contribution in [1.82, 2.24) is 4.98 Å². The fourth-order valence-corrected chi connectivity index (χ4v) is 3.63. The van der Waals surface area contributed by atoms with Gasteiger partial charge in [0.05, 0.1) is 42.3 Å². The van der Waals surface area contributed by atoms with Crippen molar-refractivity contribution in [2.24, 2.45) is 0 Å². The molecule has 0 spiro atoms. The van der Waals surface area contributed by atoms with Gasteiger partial charge in [0.1, 0.15) is 12.0 Å². The molecule has 0 fully saturated rings. The van der Waals surface area contributed by atoms with Crippen LogP contribution in [0, 0.1) is 17.1 Å². The Morgan fingerprint density at radius 2 is 1.83 bits per heavy atom. The number of rotatable bonds is 9. The van der Waals surface area contributed by atoms with Gasteiger partial charge in [-0.3, -0.25) is 0 Å². The lowest BCUT2D eigenvalue weighted by molar-refractivity contribution is 0.229. The van der Waals surface area contributed by atoms with Crippen molar-refractivity contribution < 1.29 is 18.3 Å². The number of anilines is 2. The van der Waals surface area contributed by atoms with Crippen LogP contribution in [0.1, 0.15) is 32.0 Å². The van der Waals surface area contributed by atoms with E-state index in [0.29, 0.717) is 35.2 Å². The second-order valence-electron chi connectivity index (χ2n) is 8.11. The quantitative estimate of drug-likeness (QED) is 0.265. The molecule has 35 heavy (non-hydrogen) atoms. The zero-order valence-electron chi connectivity index (χ0n) is 19.9. The number of aromatic nitrogens is 1. The third-order valence-corrected chi connectivity index (χ3v) is 5.16. The molecule has 3 aromatic carbocycles. The van der Waals surface area contributed by atoms with Gasteiger partial charge < -0.3 is 18.8 Å². The number of hydrogen-bond donors (Lipinski definition) is 0. The first-order valence-electron chi connectivity index (χ1n) is 11.4. The van der Waals surface area contributed by atoms with Crippen LogP contribution in [0.25, 0.3) is 11.5 Å². The lowest BCUT2D eigenvalue weighted by Gasteiger charge is -2.26. The van der Waals surface area contributed by atoms with Crippen LogP contribution in [-0.4, -0.2) is 17.7 Å². The standard InChI is InChI=1S/C28H26FN3O3/c1-4-33-24-14-25(27(29)26(15-24)35-19(2)3)32(23-12-10-20(16-30)11-13-23)17-22-18-34-28(31-22)21-8-6-5-7-9-21/h5-15,18-19H,4,17H2,1-3H3. The number of nitriles is 1. The Morgan fingerprint density at radius 1 is 1.09 bits per heavy atom. The third-order valence-electron chi connectivity index (χ3n) is 5.16. The van der Waals surface area contributed by atoms with Crippen molar-refractivity contribution in [2.75, 3.05) is 11.5 Å². The summed E-state index contributed by atoms with van der Waals surface area (Å²) in [7, 11) is 0. The molecule has 6 nitrogen and oxygen atoms in total. The van der Waals surface area contributed by atoms with E-state index in [1.54, 1.807) is 47.6 Å². The number of hydrogen-bond acceptors (Lipinski definition) is 6. The van der Waals surface area contributed by atoms with Crippen LogP contribution < -0.4 is 14.4 Å². The van der Waals surface area contributed by atoms with Crippen LogP contribution in [0.2, 0.25) is 0 Å². The van der Waals surface area contributed by atoms with E-state index in [4.69, 9.17) is 13.9 Å². The van der Waals surface area contributed by atoms with Gasteiger partial charge in [0.15, 0.2) is 11.6 Å². The Hall–Kier alpha value is -4.31. The van der Waals surface area contributed by atoms with Gasteiger partial charge in [-0.1, -0.05) is 18.2 Å². The molecule has 1 heterocycles. The zero-order chi connectivity index (χ0) is 24.8. The van der Waals surface area contributed by atoms with Crippen molar-refractivity contribution >= 4 is 11.4 Å². The van der Waals surface area contributed by atoms with Crippen molar-refractivity contribution in [3.8, 4) is 29.0 Å². The Balaban J connectivity index is 1.79. The Labute approximate surface area is 204 Å². The summed E-state index contributed by atoms with van der Waals surface area (Å²) in [4.78, 5) is 6.38. The second kappa shape index (κ2) is 10.7. The molecule has 0 bridgehead atoms. The summed E-state index contributed by atoms with van der Waals surface area (Å²) in [6, 6.07) is 21.8. The summed E-state index contributed by atoms with van der Waals surface area (Å²) in [6.45, 7) is 6.18. The predicted molar refractivity (Wildman–Crippen MR) is 132 cm³/mol. The molecule has 1 aromatic heterocycles. The summed E-state index contributed by atoms with van der Waals surface area (Å²) in [5.74, 6) is 0.555. The summed E-state index contributed by atoms with van der Waals surface area (Å²) < 4.78 is 33.0. The summed E-state index contributed by atoms with van der Waals surface area (Å²) >= 11 is 0. The Morgan fingerprint density at radius 3 is 2.49 bits per heavy atom. The van der Waals surface area contributed by atoms with Crippen LogP contribution in [0.5, 0.6) is 11.5 Å². The van der Waals surface area contributed by atoms with Gasteiger partial charge >= 0.3 is 0 Å². The molecule has 0 N–H and O–H groups in total. The van der Waals surface area contributed by atoms with Crippen LogP contribution >= 0.6 is 0 Å². The van der Waals surface area contributed by atoms with E-state index in [-0.39, 0.29) is 24.1 Å². The van der Waals surface area contributed by atoms with Gasteiger partial charge in [0, 0.05) is 23.4 Å². The molecule has 0 radical (unpaired) electrons. The fourth-order valence-electron chi connectivity index (χ4n) is 3.63. The smallest absolute Gasteiger partial charge is 0.226 e. The maximum Gasteiger partial charge on any atom is 0.226 e. The van der Waals surface area contributed by atoms with E-state index in [1.807, 2.05) is 51.1 Å². The van der Waals surface area contributed by atoms with Gasteiger partial charge in [-0.25, -0.2) is 9.37 Å². The molecular weight excluding hydrogens is 445 g/mol. The highest BCUT2D eigenvalue weighted by Crippen LogP contribution is 2.38. The predicted octanol–water partition coefficient (Wildman–Crippen LogP) is 6.88. The van der Waals surface area contributed by atoms with Crippen molar-refractivity contribution in [2.45, 2.75) is 33.4 Å². The van der Waals surface area contributed by atoms with Crippen LogP contribution in [-0.2, 0) is 6.54 Å². The van der Waals surface area contributed by atoms with E-state index < -0.39 is 5.82 Å². The van der Waals surface area contributed by atoms with Gasteiger partial charge in [-0.05, 0) is 57.2 Å². The molecule has 0 aliphatic rings. The first-order chi connectivity index (χ1) is 17.0. The normalized spacial score (nSPS) is 10.7. The van der Waals surface area contributed by atoms with Gasteiger partial charge in [-0.15, -0.1) is 0 Å². The monoisotopic (exact) mass is 471 g/mol. The van der Waals surface area contributed by atoms with Crippen LogP contribution in [0.3, 0.4) is 0 Å². The maximum atomic E-state index is 15.8. The van der Waals surface area contributed by atoms with Crippen molar-refractivity contribution in [3.05, 3.63) is 90.1 Å². The van der Waals surface area contributed by atoms with E-state index in [2.05, 4.69) is 11.1 Å². The SMILES string of the molecule is CCOc1cc(OC(C)C)c(F)c(N(Cc2coc(-c3ccccc3)n2)c2ccc(C#N)cc2)c1. The summed E-state index contributed by atoms with van der Waals surface area (Å²) in [5, 5.41) is 9.21. The molecule has 0 aliphatic heterocycles. The van der Waals surface area contributed by atoms with E-state index in [1.165, 1.54) is 0 Å². The van der Waals surface area contributed by atoms with E-state index >= 15 is 4.39 Å². The molecule has 0 amide bonds. The molecular formula is C28H26FN3O3. The minimum Gasteiger partial charge on any atom is -0.494 e. The lowest BCUT2D eigenvalue weighted by atomic mass is 10.1. The van der Waals surface area contributed by atoms with Crippen molar-refractivity contribution in [1.29, 1.82) is 5.26 Å². The molecule has 4 rings (SSSR count). The maximum absolute atomic E-state index is 15.8. The second-order valence-corrected chi connectivity index (χ2v) is 8.11. The number of ether oxygens (including phenoxy) is 2. The van der Waals surface area contributed by atoms with Gasteiger partial charge in [-0.2, -0.15) is 5.26 Å². The molecule has 0 unspecified atom stereocenters. The number of oxazole rings is 1. The van der Waals surface area contributed by atoms with Gasteiger partial charge in [0.25, 0.3) is 0 Å². The first kappa shape index (κ1) is 23.8. The Bertz CT molecular complexity index is 1310. The molecule has 7 heteroatoms. The Kier molecular flexibility index (Phi) is 7.32. The topological polar surface area (TPSA) is 71.5 Å². The summed E-state index contributed by atoms with van der Waals surface area (Å²) in [6.07, 6.45) is 1.34. The average molecular weight is 472 g/mol. The first-order valence-corrected chi connectivity index (χ1v) is 11.4. The third kappa shape index (κ3) is 5.61. The molecule has 4 aromatic rings. The van der Waals surface area contributed by atoms with E-state index in [9.17, 15) is 5.26 Å². The lowest BCUT2D eigenvalue weighted by Crippen LogP contribution is -2.19. The minimum atomic E-state index is -0.515. The zero-order valence-corrected chi connectivity index (χ0v) is 19.9. The largest absolute Gasteiger partial charge is 0.494 e. The summed E-state index contributed by atoms with van der Waals surface area (Å²) in [5.41, 5.74) is 2.91. The highest BCUT2D eigenvalue weighted by atomic mass is 19.1. The number of halogens is 1. The molecule has 0 atom stereocenters. The minimum absolute atomic E-state index is 0.102. The fraction of sp³-hybridized carbons (Fsp3) is 0.214. The van der Waals surface area contributed by atoms with Gasteiger partial charge in [0.2, 0.25) is 5.89 Å². The van der Waals surface area contributed by atoms with E-state index in [0.717, 1.165) is 5.56 Å². The highest BCUT2D eigenvalue weighted by molar-refractivity contribution is 5.68. The highest BCUT2D eigenvalue weighted by Gasteiger charge is 2.22. The molecule has 0 saturated carbocycles. The average Bonchev–Trinajstić information content (AvgIpc) is 3.34. The molecule has 178 valence electrons. The number of nitrogens with zero attached hydrogens (tertiary/aromatic N) is 3. The molecule has 0 aliphatic carbocycles. The number of benzene rings is 3. The van der Waals surface area contributed by atoms with Crippen LogP contribution in [0.15, 0.2) is 77.4 Å². The van der Waals surface area contributed by atoms with Crippen LogP contribution in [0.4, 0.5) is 15.8 Å². The van der Waals surface area contributed by atoms with Crippen molar-refractivity contribution in [3.63, 3.8) is 0 Å². The molecule has 0 saturated heterocycles.